The number of aromatic nitrogens is 1. The summed E-state index contributed by atoms with van der Waals surface area (Å²) in [6.45, 7) is 2.05. The smallest absolute Gasteiger partial charge is 0.306 e. The maximum atomic E-state index is 12.0. The number of ether oxygens (including phenoxy) is 2. The predicted octanol–water partition coefficient (Wildman–Crippen LogP) is 4.89. The van der Waals surface area contributed by atoms with Gasteiger partial charge in [-0.25, -0.2) is 4.98 Å². The van der Waals surface area contributed by atoms with Crippen LogP contribution in [0.2, 0.25) is 0 Å². The minimum Gasteiger partial charge on any atom is -0.497 e. The zero-order chi connectivity index (χ0) is 19.2. The largest absolute Gasteiger partial charge is 0.497 e. The van der Waals surface area contributed by atoms with E-state index in [1.165, 1.54) is 22.7 Å². The first-order chi connectivity index (χ1) is 13.0. The van der Waals surface area contributed by atoms with Crippen molar-refractivity contribution in [3.8, 4) is 16.3 Å². The highest BCUT2D eigenvalue weighted by Crippen LogP contribution is 2.27. The second-order valence-corrected chi connectivity index (χ2v) is 8.02. The number of rotatable bonds is 8. The maximum Gasteiger partial charge on any atom is 0.306 e. The number of esters is 1. The van der Waals surface area contributed by atoms with Crippen LogP contribution in [0.4, 0.5) is 0 Å². The predicted molar refractivity (Wildman–Crippen MR) is 107 cm³/mol. The number of nitrogens with zero attached hydrogens (tertiary/aromatic N) is 1. The minimum absolute atomic E-state index is 0.0287. The number of hydrogen-bond donors (Lipinski definition) is 0. The van der Waals surface area contributed by atoms with Gasteiger partial charge in [0, 0.05) is 22.2 Å². The molecule has 3 rings (SSSR count). The number of thiazole rings is 1. The van der Waals surface area contributed by atoms with Crippen LogP contribution < -0.4 is 4.74 Å². The third kappa shape index (κ3) is 5.24. The Morgan fingerprint density at radius 1 is 1.15 bits per heavy atom. The van der Waals surface area contributed by atoms with Gasteiger partial charge in [0.15, 0.2) is 5.78 Å². The third-order valence-corrected chi connectivity index (χ3v) is 5.80. The molecule has 3 aromatic rings. The van der Waals surface area contributed by atoms with Crippen LogP contribution in [0.3, 0.4) is 0 Å². The number of thiophene rings is 1. The Kier molecular flexibility index (Phi) is 6.36. The minimum atomic E-state index is -0.396. The highest BCUT2D eigenvalue weighted by Gasteiger charge is 2.13. The van der Waals surface area contributed by atoms with E-state index < -0.39 is 5.97 Å². The number of benzene rings is 1. The van der Waals surface area contributed by atoms with Crippen LogP contribution in [0.1, 0.15) is 33.1 Å². The van der Waals surface area contributed by atoms with Crippen molar-refractivity contribution >= 4 is 34.4 Å². The van der Waals surface area contributed by atoms with E-state index in [-0.39, 0.29) is 25.2 Å². The number of carbonyl (C=O) groups is 2. The van der Waals surface area contributed by atoms with Crippen molar-refractivity contribution in [2.75, 3.05) is 7.11 Å². The van der Waals surface area contributed by atoms with Crippen molar-refractivity contribution in [2.45, 2.75) is 26.4 Å². The summed E-state index contributed by atoms with van der Waals surface area (Å²) < 4.78 is 10.5. The van der Waals surface area contributed by atoms with Crippen LogP contribution in [0.15, 0.2) is 41.8 Å². The lowest BCUT2D eigenvalue weighted by molar-refractivity contribution is -0.145. The van der Waals surface area contributed by atoms with Gasteiger partial charge in [0.2, 0.25) is 0 Å². The molecule has 2 heterocycles. The summed E-state index contributed by atoms with van der Waals surface area (Å²) in [6, 6.07) is 11.3. The summed E-state index contributed by atoms with van der Waals surface area (Å²) in [5.41, 5.74) is 1.64. The van der Waals surface area contributed by atoms with Crippen LogP contribution in [-0.4, -0.2) is 23.8 Å². The Balaban J connectivity index is 1.49. The van der Waals surface area contributed by atoms with E-state index in [0.29, 0.717) is 10.6 Å². The molecule has 0 aliphatic rings. The highest BCUT2D eigenvalue weighted by molar-refractivity contribution is 7.14. The zero-order valence-electron chi connectivity index (χ0n) is 15.1. The average molecular weight is 402 g/mol. The van der Waals surface area contributed by atoms with Crippen LogP contribution in [0.25, 0.3) is 10.6 Å². The van der Waals surface area contributed by atoms with Crippen molar-refractivity contribution in [3.63, 3.8) is 0 Å². The molecule has 27 heavy (non-hydrogen) atoms. The fraction of sp³-hybridized carbons (Fsp3) is 0.250. The standard InChI is InChI=1S/C20H19NO4S2/c1-13-6-8-18(27-13)17(22)7-9-19(23)25-11-15-12-26-20(21-15)14-4-3-5-16(10-14)24-2/h3-6,8,10,12H,7,9,11H2,1-2H3. The summed E-state index contributed by atoms with van der Waals surface area (Å²) in [4.78, 5) is 30.2. The monoisotopic (exact) mass is 401 g/mol. The second-order valence-electron chi connectivity index (χ2n) is 5.87. The van der Waals surface area contributed by atoms with E-state index in [1.54, 1.807) is 13.2 Å². The number of carbonyl (C=O) groups excluding carboxylic acids is 2. The molecule has 0 aliphatic carbocycles. The van der Waals surface area contributed by atoms with Crippen molar-refractivity contribution in [2.24, 2.45) is 0 Å². The van der Waals surface area contributed by atoms with Gasteiger partial charge in [-0.2, -0.15) is 0 Å². The number of methoxy groups -OCH3 is 1. The topological polar surface area (TPSA) is 65.5 Å². The van der Waals surface area contributed by atoms with Gasteiger partial charge in [0.05, 0.1) is 24.1 Å². The SMILES string of the molecule is COc1cccc(-c2nc(COC(=O)CCC(=O)c3ccc(C)s3)cs2)c1. The summed E-state index contributed by atoms with van der Waals surface area (Å²) in [5.74, 6) is 0.341. The number of aryl methyl sites for hydroxylation is 1. The summed E-state index contributed by atoms with van der Waals surface area (Å²) in [6.07, 6.45) is 0.230. The summed E-state index contributed by atoms with van der Waals surface area (Å²) in [7, 11) is 1.62. The molecule has 7 heteroatoms. The molecule has 0 unspecified atom stereocenters. The molecule has 0 bridgehead atoms. The second kappa shape index (κ2) is 8.92. The average Bonchev–Trinajstić information content (AvgIpc) is 3.33. The quantitative estimate of drug-likeness (QED) is 0.397. The highest BCUT2D eigenvalue weighted by atomic mass is 32.1. The van der Waals surface area contributed by atoms with Crippen molar-refractivity contribution < 1.29 is 19.1 Å². The molecule has 0 radical (unpaired) electrons. The molecule has 0 amide bonds. The number of Topliss-reactive ketones (excluding diaryl/α,β-unsaturated/α-hetero) is 1. The van der Waals surface area contributed by atoms with E-state index in [2.05, 4.69) is 4.98 Å². The number of ketones is 1. The van der Waals surface area contributed by atoms with Gasteiger partial charge in [-0.15, -0.1) is 22.7 Å². The van der Waals surface area contributed by atoms with Crippen molar-refractivity contribution in [1.29, 1.82) is 0 Å². The molecule has 5 nitrogen and oxygen atoms in total. The zero-order valence-corrected chi connectivity index (χ0v) is 16.7. The van der Waals surface area contributed by atoms with Gasteiger partial charge in [-0.05, 0) is 31.2 Å². The molecular weight excluding hydrogens is 382 g/mol. The Bertz CT molecular complexity index is 945. The molecule has 0 N–H and O–H groups in total. The molecule has 140 valence electrons. The van der Waals surface area contributed by atoms with E-state index >= 15 is 0 Å². The first-order valence-corrected chi connectivity index (χ1v) is 10.1. The Morgan fingerprint density at radius 2 is 2.00 bits per heavy atom. The van der Waals surface area contributed by atoms with Crippen molar-refractivity contribution in [1.82, 2.24) is 4.98 Å². The lowest BCUT2D eigenvalue weighted by atomic mass is 10.2. The van der Waals surface area contributed by atoms with Crippen LogP contribution in [0, 0.1) is 6.92 Å². The molecule has 1 aromatic carbocycles. The Hall–Kier alpha value is -2.51. The lowest BCUT2D eigenvalue weighted by Crippen LogP contribution is -2.07. The van der Waals surface area contributed by atoms with Crippen LogP contribution >= 0.6 is 22.7 Å². The van der Waals surface area contributed by atoms with Crippen LogP contribution in [-0.2, 0) is 16.1 Å². The van der Waals surface area contributed by atoms with Gasteiger partial charge >= 0.3 is 5.97 Å². The van der Waals surface area contributed by atoms with Gasteiger partial charge in [-0.1, -0.05) is 12.1 Å². The fourth-order valence-corrected chi connectivity index (χ4v) is 4.05. The normalized spacial score (nSPS) is 10.6. The lowest BCUT2D eigenvalue weighted by Gasteiger charge is -2.03. The van der Waals surface area contributed by atoms with Gasteiger partial charge in [0.1, 0.15) is 17.4 Å². The first kappa shape index (κ1) is 19.3. The Labute approximate surface area is 165 Å². The molecule has 0 fully saturated rings. The van der Waals surface area contributed by atoms with E-state index in [1.807, 2.05) is 42.6 Å². The third-order valence-electron chi connectivity index (χ3n) is 3.82. The molecular formula is C20H19NO4S2. The summed E-state index contributed by atoms with van der Waals surface area (Å²) in [5, 5.41) is 2.70. The molecule has 0 saturated carbocycles. The fourth-order valence-electron chi connectivity index (χ4n) is 2.41. The van der Waals surface area contributed by atoms with E-state index in [9.17, 15) is 9.59 Å². The van der Waals surface area contributed by atoms with Crippen LogP contribution in [0.5, 0.6) is 5.75 Å². The van der Waals surface area contributed by atoms with E-state index in [4.69, 9.17) is 9.47 Å². The van der Waals surface area contributed by atoms with Gasteiger partial charge in [0.25, 0.3) is 0 Å². The van der Waals surface area contributed by atoms with E-state index in [0.717, 1.165) is 21.2 Å². The molecule has 2 aromatic heterocycles. The molecule has 0 saturated heterocycles. The molecule has 0 spiro atoms. The number of hydrogen-bond acceptors (Lipinski definition) is 7. The van der Waals surface area contributed by atoms with Crippen molar-refractivity contribution in [3.05, 3.63) is 57.2 Å². The first-order valence-electron chi connectivity index (χ1n) is 8.39. The Morgan fingerprint density at radius 3 is 2.74 bits per heavy atom. The van der Waals surface area contributed by atoms with Gasteiger partial charge < -0.3 is 9.47 Å². The summed E-state index contributed by atoms with van der Waals surface area (Å²) >= 11 is 2.92. The molecule has 0 aliphatic heterocycles. The molecule has 0 atom stereocenters. The van der Waals surface area contributed by atoms with Gasteiger partial charge in [-0.3, -0.25) is 9.59 Å². The maximum absolute atomic E-state index is 12.0.